The molecule has 6 unspecified atom stereocenters. The summed E-state index contributed by atoms with van der Waals surface area (Å²) in [4.78, 5) is 23.3. The number of carbonyl (C=O) groups excluding carboxylic acids is 2. The molecule has 2 saturated carbocycles. The van der Waals surface area contributed by atoms with Crippen molar-refractivity contribution in [2.75, 3.05) is 0 Å². The molecule has 5 heteroatoms. The van der Waals surface area contributed by atoms with E-state index < -0.39 is 11.2 Å². The standard InChI is InChI=1S/C17H24O5/c1-9-11-7-13-12(5-6-17(13,4)22-10(2)18)16(3,20)8-14(11)21-15(9)19/h11-14,20H,1,5-8H2,2-4H3. The van der Waals surface area contributed by atoms with Crippen molar-refractivity contribution < 1.29 is 24.2 Å². The predicted molar refractivity (Wildman–Crippen MR) is 78.8 cm³/mol. The first-order valence-corrected chi connectivity index (χ1v) is 7.96. The van der Waals surface area contributed by atoms with Crippen LogP contribution in [0.5, 0.6) is 0 Å². The fourth-order valence-electron chi connectivity index (χ4n) is 4.85. The minimum atomic E-state index is -0.938. The molecule has 5 nitrogen and oxygen atoms in total. The zero-order valence-corrected chi connectivity index (χ0v) is 13.4. The highest BCUT2D eigenvalue weighted by Gasteiger charge is 2.59. The number of rotatable bonds is 1. The van der Waals surface area contributed by atoms with E-state index >= 15 is 0 Å². The third-order valence-electron chi connectivity index (χ3n) is 5.94. The van der Waals surface area contributed by atoms with E-state index in [0.717, 1.165) is 12.8 Å². The van der Waals surface area contributed by atoms with Crippen molar-refractivity contribution in [3.8, 4) is 0 Å². The molecule has 0 bridgehead atoms. The lowest BCUT2D eigenvalue weighted by Gasteiger charge is -2.37. The van der Waals surface area contributed by atoms with E-state index in [4.69, 9.17) is 9.47 Å². The molecule has 2 aliphatic carbocycles. The Bertz CT molecular complexity index is 537. The van der Waals surface area contributed by atoms with Gasteiger partial charge in [0.2, 0.25) is 0 Å². The molecular formula is C17H24O5. The fourth-order valence-corrected chi connectivity index (χ4v) is 4.85. The second-order valence-electron chi connectivity index (χ2n) is 7.53. The first-order chi connectivity index (χ1) is 10.1. The quantitative estimate of drug-likeness (QED) is 0.592. The van der Waals surface area contributed by atoms with Crippen LogP contribution in [-0.2, 0) is 19.1 Å². The van der Waals surface area contributed by atoms with Gasteiger partial charge in [0.25, 0.3) is 0 Å². The minimum absolute atomic E-state index is 0.00708. The van der Waals surface area contributed by atoms with Crippen LogP contribution in [0.3, 0.4) is 0 Å². The van der Waals surface area contributed by atoms with Gasteiger partial charge < -0.3 is 14.6 Å². The van der Waals surface area contributed by atoms with Crippen molar-refractivity contribution in [1.82, 2.24) is 0 Å². The van der Waals surface area contributed by atoms with E-state index in [1.54, 1.807) is 0 Å². The molecule has 0 aromatic rings. The molecule has 22 heavy (non-hydrogen) atoms. The normalized spacial score (nSPS) is 47.5. The third kappa shape index (κ3) is 2.26. The number of carbonyl (C=O) groups is 2. The van der Waals surface area contributed by atoms with E-state index in [1.807, 2.05) is 13.8 Å². The summed E-state index contributed by atoms with van der Waals surface area (Å²) >= 11 is 0. The van der Waals surface area contributed by atoms with Crippen LogP contribution in [0.2, 0.25) is 0 Å². The molecule has 3 rings (SSSR count). The smallest absolute Gasteiger partial charge is 0.334 e. The first kappa shape index (κ1) is 15.5. The van der Waals surface area contributed by atoms with Crippen LogP contribution in [0.15, 0.2) is 12.2 Å². The van der Waals surface area contributed by atoms with Gasteiger partial charge in [-0.15, -0.1) is 0 Å². The molecule has 0 aromatic carbocycles. The van der Waals surface area contributed by atoms with Gasteiger partial charge in [0.15, 0.2) is 0 Å². The maximum atomic E-state index is 11.8. The Morgan fingerprint density at radius 1 is 1.41 bits per heavy atom. The van der Waals surface area contributed by atoms with Gasteiger partial charge in [-0.2, -0.15) is 0 Å². The first-order valence-electron chi connectivity index (χ1n) is 7.96. The molecule has 3 aliphatic rings. The summed E-state index contributed by atoms with van der Waals surface area (Å²) in [7, 11) is 0. The topological polar surface area (TPSA) is 72.8 Å². The van der Waals surface area contributed by atoms with Crippen LogP contribution < -0.4 is 0 Å². The summed E-state index contributed by atoms with van der Waals surface area (Å²) in [5, 5.41) is 10.9. The Kier molecular flexibility index (Phi) is 3.40. The minimum Gasteiger partial charge on any atom is -0.459 e. The molecule has 1 N–H and O–H groups in total. The van der Waals surface area contributed by atoms with Crippen LogP contribution in [0.25, 0.3) is 0 Å². The van der Waals surface area contributed by atoms with E-state index in [1.165, 1.54) is 6.92 Å². The van der Waals surface area contributed by atoms with Gasteiger partial charge in [0, 0.05) is 30.8 Å². The second kappa shape index (κ2) is 4.82. The third-order valence-corrected chi connectivity index (χ3v) is 5.94. The lowest BCUT2D eigenvalue weighted by atomic mass is 9.75. The maximum Gasteiger partial charge on any atom is 0.334 e. The second-order valence-corrected chi connectivity index (χ2v) is 7.53. The average Bonchev–Trinajstić information content (AvgIpc) is 2.77. The number of aliphatic hydroxyl groups is 1. The van der Waals surface area contributed by atoms with E-state index in [2.05, 4.69) is 6.58 Å². The van der Waals surface area contributed by atoms with Crippen LogP contribution in [0, 0.1) is 17.8 Å². The van der Waals surface area contributed by atoms with Gasteiger partial charge in [-0.3, -0.25) is 4.79 Å². The average molecular weight is 308 g/mol. The Morgan fingerprint density at radius 2 is 2.09 bits per heavy atom. The highest BCUT2D eigenvalue weighted by molar-refractivity contribution is 5.90. The van der Waals surface area contributed by atoms with E-state index in [0.29, 0.717) is 18.4 Å². The molecule has 6 atom stereocenters. The summed E-state index contributed by atoms with van der Waals surface area (Å²) in [6.07, 6.45) is 2.31. The maximum absolute atomic E-state index is 11.8. The van der Waals surface area contributed by atoms with E-state index in [-0.39, 0.29) is 35.8 Å². The van der Waals surface area contributed by atoms with Crippen molar-refractivity contribution in [3.05, 3.63) is 12.2 Å². The lowest BCUT2D eigenvalue weighted by Crippen LogP contribution is -2.43. The fraction of sp³-hybridized carbons (Fsp3) is 0.765. The summed E-state index contributed by atoms with van der Waals surface area (Å²) in [6.45, 7) is 9.03. The molecule has 3 fully saturated rings. The Hall–Kier alpha value is -1.36. The number of hydrogen-bond acceptors (Lipinski definition) is 5. The summed E-state index contributed by atoms with van der Waals surface area (Å²) < 4.78 is 11.0. The van der Waals surface area contributed by atoms with Crippen LogP contribution in [0.4, 0.5) is 0 Å². The number of hydrogen-bond donors (Lipinski definition) is 1. The molecule has 122 valence electrons. The number of ether oxygens (including phenoxy) is 2. The zero-order chi connectivity index (χ0) is 16.3. The van der Waals surface area contributed by atoms with Crippen molar-refractivity contribution in [3.63, 3.8) is 0 Å². The predicted octanol–water partition coefficient (Wildman–Crippen LogP) is 1.98. The van der Waals surface area contributed by atoms with Gasteiger partial charge in [0.1, 0.15) is 11.7 Å². The van der Waals surface area contributed by atoms with Gasteiger partial charge in [-0.1, -0.05) is 6.58 Å². The Labute approximate surface area is 130 Å². The number of fused-ring (bicyclic) bond motifs is 2. The van der Waals surface area contributed by atoms with Gasteiger partial charge in [-0.05, 0) is 39.0 Å². The molecule has 1 heterocycles. The van der Waals surface area contributed by atoms with Crippen LogP contribution in [-0.4, -0.2) is 34.4 Å². The van der Waals surface area contributed by atoms with Crippen LogP contribution in [0.1, 0.15) is 46.5 Å². The molecule has 0 aromatic heterocycles. The number of esters is 2. The van der Waals surface area contributed by atoms with Crippen molar-refractivity contribution in [2.24, 2.45) is 17.8 Å². The summed E-state index contributed by atoms with van der Waals surface area (Å²) in [6, 6.07) is 0. The molecule has 0 spiro atoms. The van der Waals surface area contributed by atoms with Gasteiger partial charge in [-0.25, -0.2) is 4.79 Å². The monoisotopic (exact) mass is 308 g/mol. The molecule has 0 amide bonds. The zero-order valence-electron chi connectivity index (χ0n) is 13.4. The molecule has 1 aliphatic heterocycles. The van der Waals surface area contributed by atoms with Crippen molar-refractivity contribution in [2.45, 2.75) is 63.8 Å². The Balaban J connectivity index is 1.96. The molecule has 0 radical (unpaired) electrons. The highest BCUT2D eigenvalue weighted by Crippen LogP contribution is 2.55. The van der Waals surface area contributed by atoms with Gasteiger partial charge in [0.05, 0.1) is 5.60 Å². The van der Waals surface area contributed by atoms with Gasteiger partial charge >= 0.3 is 11.9 Å². The Morgan fingerprint density at radius 3 is 2.73 bits per heavy atom. The van der Waals surface area contributed by atoms with Crippen molar-refractivity contribution >= 4 is 11.9 Å². The highest BCUT2D eigenvalue weighted by atomic mass is 16.6. The largest absolute Gasteiger partial charge is 0.459 e. The molecule has 1 saturated heterocycles. The van der Waals surface area contributed by atoms with Crippen molar-refractivity contribution in [1.29, 1.82) is 0 Å². The summed E-state index contributed by atoms with van der Waals surface area (Å²) in [5.74, 6) is -0.721. The van der Waals surface area contributed by atoms with E-state index in [9.17, 15) is 14.7 Å². The lowest BCUT2D eigenvalue weighted by molar-refractivity contribution is -0.162. The van der Waals surface area contributed by atoms with Crippen LogP contribution >= 0.6 is 0 Å². The summed E-state index contributed by atoms with van der Waals surface area (Å²) in [5.41, 5.74) is -1.05. The SMILES string of the molecule is C=C1C(=O)OC2CC(C)(O)C3CCC(C)(OC(C)=O)C3CC12. The molecular weight excluding hydrogens is 284 g/mol.